The highest BCUT2D eigenvalue weighted by atomic mass is 16.5. The van der Waals surface area contributed by atoms with Crippen molar-refractivity contribution in [1.29, 1.82) is 0 Å². The first-order chi connectivity index (χ1) is 15.9. The second-order valence-corrected chi connectivity index (χ2v) is 8.18. The van der Waals surface area contributed by atoms with Crippen molar-refractivity contribution in [2.24, 2.45) is 0 Å². The number of hydrogen-bond acceptors (Lipinski definition) is 5. The minimum atomic E-state index is -0.253. The van der Waals surface area contributed by atoms with Gasteiger partial charge in [0.1, 0.15) is 12.4 Å². The van der Waals surface area contributed by atoms with E-state index in [1.54, 1.807) is 26.5 Å². The second-order valence-electron chi connectivity index (χ2n) is 8.18. The highest BCUT2D eigenvalue weighted by Gasteiger charge is 2.22. The van der Waals surface area contributed by atoms with Crippen molar-refractivity contribution in [2.45, 2.75) is 32.9 Å². The zero-order valence-corrected chi connectivity index (χ0v) is 19.3. The summed E-state index contributed by atoms with van der Waals surface area (Å²) in [6, 6.07) is 11.7. The van der Waals surface area contributed by atoms with E-state index >= 15 is 0 Å². The van der Waals surface area contributed by atoms with Gasteiger partial charge in [-0.1, -0.05) is 12.1 Å². The number of methoxy groups -OCH3 is 2. The number of aromatic nitrogens is 2. The van der Waals surface area contributed by atoms with E-state index in [0.29, 0.717) is 11.5 Å². The number of amides is 2. The molecule has 2 heterocycles. The molecule has 0 fully saturated rings. The largest absolute Gasteiger partial charge is 0.493 e. The van der Waals surface area contributed by atoms with Crippen LogP contribution in [0.5, 0.6) is 11.5 Å². The molecule has 172 valence electrons. The van der Waals surface area contributed by atoms with Gasteiger partial charge in [0, 0.05) is 12.2 Å². The molecule has 2 aromatic carbocycles. The molecule has 8 nitrogen and oxygen atoms in total. The van der Waals surface area contributed by atoms with Gasteiger partial charge in [0.05, 0.1) is 38.2 Å². The van der Waals surface area contributed by atoms with E-state index in [4.69, 9.17) is 9.47 Å². The van der Waals surface area contributed by atoms with Gasteiger partial charge in [0.25, 0.3) is 0 Å². The van der Waals surface area contributed by atoms with Crippen LogP contribution in [0.1, 0.15) is 36.8 Å². The Morgan fingerprint density at radius 2 is 1.88 bits per heavy atom. The average molecular weight is 449 g/mol. The molecule has 4 rings (SSSR count). The lowest BCUT2D eigenvalue weighted by atomic mass is 10.0. The number of rotatable bonds is 7. The fraction of sp³-hybridized carbons (Fsp3) is 0.320. The van der Waals surface area contributed by atoms with Gasteiger partial charge in [-0.05, 0) is 55.3 Å². The third-order valence-corrected chi connectivity index (χ3v) is 5.68. The highest BCUT2D eigenvalue weighted by molar-refractivity contribution is 5.89. The lowest BCUT2D eigenvalue weighted by molar-refractivity contribution is -0.132. The summed E-state index contributed by atoms with van der Waals surface area (Å²) in [5.41, 5.74) is 3.60. The number of fused-ring (bicyclic) bond motifs is 2. The fourth-order valence-electron chi connectivity index (χ4n) is 4.09. The molecule has 0 saturated heterocycles. The Morgan fingerprint density at radius 3 is 2.61 bits per heavy atom. The van der Waals surface area contributed by atoms with Gasteiger partial charge in [-0.25, -0.2) is 4.98 Å². The quantitative estimate of drug-likeness (QED) is 0.599. The normalized spacial score (nSPS) is 13.2. The number of nitrogens with zero attached hydrogens (tertiary/aromatic N) is 3. The predicted molar refractivity (Wildman–Crippen MR) is 126 cm³/mol. The molecule has 1 aromatic heterocycles. The molecule has 8 heteroatoms. The highest BCUT2D eigenvalue weighted by Crippen LogP contribution is 2.32. The van der Waals surface area contributed by atoms with Crippen molar-refractivity contribution in [2.75, 3.05) is 20.8 Å². The molecule has 0 saturated carbocycles. The standard InChI is InChI=1S/C25H28N4O4/c1-16(2)29-20-8-6-5-7-19(20)27-23(29)14-26-24(30)15-28-10-9-17-11-21(32-3)22(33-4)12-18(17)13-25(28)31/h5-12,16H,13-15H2,1-4H3,(H,26,30). The molecule has 1 aliphatic rings. The lowest BCUT2D eigenvalue weighted by Gasteiger charge is -2.17. The van der Waals surface area contributed by atoms with Crippen LogP contribution in [-0.2, 0) is 22.6 Å². The van der Waals surface area contributed by atoms with Crippen LogP contribution in [0.3, 0.4) is 0 Å². The van der Waals surface area contributed by atoms with Crippen molar-refractivity contribution in [3.8, 4) is 11.5 Å². The van der Waals surface area contributed by atoms with Crippen LogP contribution < -0.4 is 14.8 Å². The first-order valence-corrected chi connectivity index (χ1v) is 10.9. The Bertz CT molecular complexity index is 1230. The third-order valence-electron chi connectivity index (χ3n) is 5.68. The molecule has 0 atom stereocenters. The van der Waals surface area contributed by atoms with Gasteiger partial charge in [0.15, 0.2) is 11.5 Å². The molecule has 0 radical (unpaired) electrons. The van der Waals surface area contributed by atoms with Gasteiger partial charge in [-0.2, -0.15) is 0 Å². The van der Waals surface area contributed by atoms with E-state index in [1.165, 1.54) is 4.90 Å². The van der Waals surface area contributed by atoms with E-state index in [1.807, 2.05) is 36.4 Å². The Hall–Kier alpha value is -3.81. The first kappa shape index (κ1) is 22.4. The SMILES string of the molecule is COc1cc2c(cc1OC)CC(=O)N(CC(=O)NCc1nc3ccccc3n1C(C)C)C=C2. The van der Waals surface area contributed by atoms with Gasteiger partial charge in [0.2, 0.25) is 11.8 Å². The van der Waals surface area contributed by atoms with Gasteiger partial charge in [-0.15, -0.1) is 0 Å². The summed E-state index contributed by atoms with van der Waals surface area (Å²) in [4.78, 5) is 31.6. The third kappa shape index (κ3) is 4.55. The van der Waals surface area contributed by atoms with Crippen LogP contribution in [0.15, 0.2) is 42.6 Å². The topological polar surface area (TPSA) is 85.7 Å². The summed E-state index contributed by atoms with van der Waals surface area (Å²) < 4.78 is 12.8. The van der Waals surface area contributed by atoms with Crippen LogP contribution in [0.25, 0.3) is 17.1 Å². The maximum absolute atomic E-state index is 12.8. The van der Waals surface area contributed by atoms with Crippen molar-refractivity contribution in [3.63, 3.8) is 0 Å². The minimum absolute atomic E-state index is 0.0699. The molecule has 33 heavy (non-hydrogen) atoms. The van der Waals surface area contributed by atoms with E-state index in [2.05, 4.69) is 28.7 Å². The first-order valence-electron chi connectivity index (χ1n) is 10.9. The molecular formula is C25H28N4O4. The van der Waals surface area contributed by atoms with Crippen LogP contribution in [-0.4, -0.2) is 47.0 Å². The number of carbonyl (C=O) groups excluding carboxylic acids is 2. The van der Waals surface area contributed by atoms with Crippen LogP contribution >= 0.6 is 0 Å². The van der Waals surface area contributed by atoms with Gasteiger partial charge < -0.3 is 24.3 Å². The molecule has 0 unspecified atom stereocenters. The van der Waals surface area contributed by atoms with E-state index in [9.17, 15) is 9.59 Å². The Kier molecular flexibility index (Phi) is 6.35. The summed E-state index contributed by atoms with van der Waals surface area (Å²) in [5.74, 6) is 1.52. The van der Waals surface area contributed by atoms with Crippen molar-refractivity contribution in [1.82, 2.24) is 19.8 Å². The summed E-state index contributed by atoms with van der Waals surface area (Å²) in [5, 5.41) is 2.91. The Balaban J connectivity index is 1.45. The van der Waals surface area contributed by atoms with E-state index in [0.717, 1.165) is 28.0 Å². The van der Waals surface area contributed by atoms with Crippen LogP contribution in [0.2, 0.25) is 0 Å². The summed E-state index contributed by atoms with van der Waals surface area (Å²) in [6.07, 6.45) is 3.62. The Labute approximate surface area is 192 Å². The smallest absolute Gasteiger partial charge is 0.240 e. The molecule has 1 aliphatic heterocycles. The molecule has 0 bridgehead atoms. The number of carbonyl (C=O) groups is 2. The molecule has 2 amide bonds. The zero-order valence-electron chi connectivity index (χ0n) is 19.3. The van der Waals surface area contributed by atoms with Crippen molar-refractivity contribution < 1.29 is 19.1 Å². The minimum Gasteiger partial charge on any atom is -0.493 e. The van der Waals surface area contributed by atoms with Crippen LogP contribution in [0.4, 0.5) is 0 Å². The molecule has 3 aromatic rings. The molecule has 0 aliphatic carbocycles. The summed E-state index contributed by atoms with van der Waals surface area (Å²) in [7, 11) is 3.13. The summed E-state index contributed by atoms with van der Waals surface area (Å²) in [6.45, 7) is 4.38. The van der Waals surface area contributed by atoms with E-state index < -0.39 is 0 Å². The Morgan fingerprint density at radius 1 is 1.15 bits per heavy atom. The molecular weight excluding hydrogens is 420 g/mol. The van der Waals surface area contributed by atoms with E-state index in [-0.39, 0.29) is 37.4 Å². The number of hydrogen-bond donors (Lipinski definition) is 1. The zero-order chi connectivity index (χ0) is 23.5. The van der Waals surface area contributed by atoms with Gasteiger partial charge >= 0.3 is 0 Å². The van der Waals surface area contributed by atoms with Crippen molar-refractivity contribution in [3.05, 3.63) is 59.5 Å². The average Bonchev–Trinajstić information content (AvgIpc) is 3.11. The number of para-hydroxylation sites is 2. The summed E-state index contributed by atoms with van der Waals surface area (Å²) >= 11 is 0. The maximum Gasteiger partial charge on any atom is 0.240 e. The number of imidazole rings is 1. The number of nitrogens with one attached hydrogen (secondary N) is 1. The van der Waals surface area contributed by atoms with Crippen LogP contribution in [0, 0.1) is 0 Å². The van der Waals surface area contributed by atoms with Gasteiger partial charge in [-0.3, -0.25) is 9.59 Å². The number of benzene rings is 2. The monoisotopic (exact) mass is 448 g/mol. The second kappa shape index (κ2) is 9.36. The fourth-order valence-corrected chi connectivity index (χ4v) is 4.09. The molecule has 1 N–H and O–H groups in total. The lowest BCUT2D eigenvalue weighted by Crippen LogP contribution is -2.38. The maximum atomic E-state index is 12.8. The predicted octanol–water partition coefficient (Wildman–Crippen LogP) is 3.31. The van der Waals surface area contributed by atoms with Crippen molar-refractivity contribution >= 4 is 28.9 Å². The number of ether oxygens (including phenoxy) is 2. The molecule has 0 spiro atoms.